The van der Waals surface area contributed by atoms with Gasteiger partial charge in [0.05, 0.1) is 25.6 Å². The minimum absolute atomic E-state index is 0.228. The average molecular weight is 410 g/mol. The summed E-state index contributed by atoms with van der Waals surface area (Å²) in [7, 11) is 3.13. The number of fused-ring (bicyclic) bond motifs is 1. The normalized spacial score (nSPS) is 12.6. The van der Waals surface area contributed by atoms with Crippen LogP contribution in [0.5, 0.6) is 11.5 Å². The SMILES string of the molecule is COc1cc(OC)cc(C(=O)Nc2c3c(nn2-c2cccc(C)c2C)CSC3)c1. The smallest absolute Gasteiger partial charge is 0.257 e. The highest BCUT2D eigenvalue weighted by Gasteiger charge is 2.26. The molecule has 0 fully saturated rings. The highest BCUT2D eigenvalue weighted by atomic mass is 32.2. The van der Waals surface area contributed by atoms with Gasteiger partial charge in [0.2, 0.25) is 0 Å². The number of carbonyl (C=O) groups is 1. The zero-order valence-electron chi connectivity index (χ0n) is 16.9. The van der Waals surface area contributed by atoms with E-state index in [1.807, 2.05) is 16.8 Å². The van der Waals surface area contributed by atoms with Gasteiger partial charge in [0.15, 0.2) is 0 Å². The molecular formula is C22H23N3O3S. The van der Waals surface area contributed by atoms with E-state index in [-0.39, 0.29) is 5.91 Å². The van der Waals surface area contributed by atoms with Crippen molar-refractivity contribution in [3.63, 3.8) is 0 Å². The molecule has 0 atom stereocenters. The molecule has 0 bridgehead atoms. The molecule has 1 aliphatic rings. The van der Waals surface area contributed by atoms with Crippen molar-refractivity contribution >= 4 is 23.5 Å². The largest absolute Gasteiger partial charge is 0.497 e. The van der Waals surface area contributed by atoms with Gasteiger partial charge in [-0.1, -0.05) is 12.1 Å². The molecule has 0 saturated carbocycles. The van der Waals surface area contributed by atoms with Gasteiger partial charge in [-0.15, -0.1) is 0 Å². The van der Waals surface area contributed by atoms with Crippen LogP contribution in [0.3, 0.4) is 0 Å². The minimum Gasteiger partial charge on any atom is -0.497 e. The number of amides is 1. The van der Waals surface area contributed by atoms with E-state index >= 15 is 0 Å². The summed E-state index contributed by atoms with van der Waals surface area (Å²) in [6.07, 6.45) is 0. The highest BCUT2D eigenvalue weighted by Crippen LogP contribution is 2.37. The van der Waals surface area contributed by atoms with E-state index in [4.69, 9.17) is 14.6 Å². The molecular weight excluding hydrogens is 386 g/mol. The number of nitrogens with zero attached hydrogens (tertiary/aromatic N) is 2. The van der Waals surface area contributed by atoms with Crippen molar-refractivity contribution in [2.75, 3.05) is 19.5 Å². The zero-order valence-corrected chi connectivity index (χ0v) is 17.7. The Morgan fingerprint density at radius 1 is 1.10 bits per heavy atom. The molecule has 3 aromatic rings. The van der Waals surface area contributed by atoms with Crippen LogP contribution in [-0.4, -0.2) is 29.9 Å². The molecule has 1 N–H and O–H groups in total. The number of nitrogens with one attached hydrogen (secondary N) is 1. The van der Waals surface area contributed by atoms with Crippen LogP contribution in [0.4, 0.5) is 5.82 Å². The van der Waals surface area contributed by atoms with Gasteiger partial charge in [-0.2, -0.15) is 16.9 Å². The van der Waals surface area contributed by atoms with Crippen LogP contribution >= 0.6 is 11.8 Å². The second kappa shape index (κ2) is 7.83. The summed E-state index contributed by atoms with van der Waals surface area (Å²) in [5.74, 6) is 3.32. The van der Waals surface area contributed by atoms with Gasteiger partial charge in [0.1, 0.15) is 17.3 Å². The summed E-state index contributed by atoms with van der Waals surface area (Å²) in [6, 6.07) is 11.3. The minimum atomic E-state index is -0.228. The molecule has 0 aliphatic carbocycles. The Morgan fingerprint density at radius 3 is 2.52 bits per heavy atom. The molecule has 4 rings (SSSR count). The van der Waals surface area contributed by atoms with Crippen molar-refractivity contribution < 1.29 is 14.3 Å². The molecule has 29 heavy (non-hydrogen) atoms. The molecule has 0 radical (unpaired) electrons. The van der Waals surface area contributed by atoms with E-state index in [9.17, 15) is 4.79 Å². The van der Waals surface area contributed by atoms with Gasteiger partial charge in [-0.25, -0.2) is 4.68 Å². The first kappa shape index (κ1) is 19.4. The fourth-order valence-electron chi connectivity index (χ4n) is 3.40. The third-order valence-electron chi connectivity index (χ3n) is 5.20. The Hall–Kier alpha value is -2.93. The maximum absolute atomic E-state index is 13.1. The lowest BCUT2D eigenvalue weighted by Crippen LogP contribution is -2.17. The van der Waals surface area contributed by atoms with Gasteiger partial charge >= 0.3 is 0 Å². The van der Waals surface area contributed by atoms with E-state index in [0.29, 0.717) is 17.1 Å². The Labute approximate surface area is 174 Å². The number of aryl methyl sites for hydroxylation is 1. The Morgan fingerprint density at radius 2 is 1.83 bits per heavy atom. The first-order chi connectivity index (χ1) is 14.0. The predicted octanol–water partition coefficient (Wildman–Crippen LogP) is 4.51. The predicted molar refractivity (Wildman–Crippen MR) is 116 cm³/mol. The van der Waals surface area contributed by atoms with Crippen molar-refractivity contribution in [1.82, 2.24) is 9.78 Å². The van der Waals surface area contributed by atoms with Crippen molar-refractivity contribution in [3.8, 4) is 17.2 Å². The van der Waals surface area contributed by atoms with E-state index < -0.39 is 0 Å². The quantitative estimate of drug-likeness (QED) is 0.672. The molecule has 1 amide bonds. The number of ether oxygens (including phenoxy) is 2. The molecule has 0 spiro atoms. The number of rotatable bonds is 5. The molecule has 1 aromatic heterocycles. The highest BCUT2D eigenvalue weighted by molar-refractivity contribution is 7.98. The van der Waals surface area contributed by atoms with E-state index in [2.05, 4.69) is 25.2 Å². The van der Waals surface area contributed by atoms with Gasteiger partial charge in [-0.05, 0) is 43.2 Å². The molecule has 2 aromatic carbocycles. The van der Waals surface area contributed by atoms with Crippen LogP contribution < -0.4 is 14.8 Å². The molecule has 0 unspecified atom stereocenters. The zero-order chi connectivity index (χ0) is 20.5. The summed E-state index contributed by atoms with van der Waals surface area (Å²) in [4.78, 5) is 13.1. The van der Waals surface area contributed by atoms with Crippen molar-refractivity contribution in [2.24, 2.45) is 0 Å². The lowest BCUT2D eigenvalue weighted by Gasteiger charge is -2.15. The fraction of sp³-hybridized carbons (Fsp3) is 0.273. The van der Waals surface area contributed by atoms with Crippen LogP contribution in [0.2, 0.25) is 0 Å². The lowest BCUT2D eigenvalue weighted by molar-refractivity contribution is 0.102. The van der Waals surface area contributed by atoms with Crippen LogP contribution in [0.15, 0.2) is 36.4 Å². The number of hydrogen-bond acceptors (Lipinski definition) is 5. The van der Waals surface area contributed by atoms with Gasteiger partial charge in [-0.3, -0.25) is 4.79 Å². The average Bonchev–Trinajstić information content (AvgIpc) is 3.32. The summed E-state index contributed by atoms with van der Waals surface area (Å²) in [5, 5.41) is 7.90. The van der Waals surface area contributed by atoms with Crippen molar-refractivity contribution in [3.05, 3.63) is 64.3 Å². The number of aromatic nitrogens is 2. The number of anilines is 1. The second-order valence-electron chi connectivity index (χ2n) is 6.95. The van der Waals surface area contributed by atoms with Crippen LogP contribution in [-0.2, 0) is 11.5 Å². The maximum Gasteiger partial charge on any atom is 0.257 e. The fourth-order valence-corrected chi connectivity index (χ4v) is 4.43. The number of hydrogen-bond donors (Lipinski definition) is 1. The van der Waals surface area contributed by atoms with Crippen LogP contribution in [0.1, 0.15) is 32.7 Å². The third kappa shape index (κ3) is 3.58. The molecule has 2 heterocycles. The summed E-state index contributed by atoms with van der Waals surface area (Å²) >= 11 is 1.80. The second-order valence-corrected chi connectivity index (χ2v) is 7.94. The Kier molecular flexibility index (Phi) is 5.24. The molecule has 0 saturated heterocycles. The van der Waals surface area contributed by atoms with Gasteiger partial charge < -0.3 is 14.8 Å². The van der Waals surface area contributed by atoms with Crippen molar-refractivity contribution in [2.45, 2.75) is 25.4 Å². The summed E-state index contributed by atoms with van der Waals surface area (Å²) in [6.45, 7) is 4.15. The molecule has 6 nitrogen and oxygen atoms in total. The summed E-state index contributed by atoms with van der Waals surface area (Å²) < 4.78 is 12.5. The number of benzene rings is 2. The van der Waals surface area contributed by atoms with Gasteiger partial charge in [0.25, 0.3) is 5.91 Å². The van der Waals surface area contributed by atoms with E-state index in [0.717, 1.165) is 39.8 Å². The standard InChI is InChI=1S/C22H23N3O3S/c1-13-6-5-7-20(14(13)2)25-21(18-11-29-12-19(18)24-25)23-22(26)15-8-16(27-3)10-17(9-15)28-4/h5-10H,11-12H2,1-4H3,(H,23,26). The lowest BCUT2D eigenvalue weighted by atomic mass is 10.1. The topological polar surface area (TPSA) is 65.4 Å². The Bertz CT molecular complexity index is 1070. The van der Waals surface area contributed by atoms with E-state index in [1.165, 1.54) is 5.56 Å². The molecule has 1 aliphatic heterocycles. The molecule has 7 heteroatoms. The monoisotopic (exact) mass is 409 g/mol. The molecule has 150 valence electrons. The van der Waals surface area contributed by atoms with E-state index in [1.54, 1.807) is 44.2 Å². The summed E-state index contributed by atoms with van der Waals surface area (Å²) in [5.41, 5.74) is 5.87. The van der Waals surface area contributed by atoms with Crippen LogP contribution in [0.25, 0.3) is 5.69 Å². The van der Waals surface area contributed by atoms with Gasteiger partial charge in [0, 0.05) is 28.7 Å². The third-order valence-corrected chi connectivity index (χ3v) is 6.17. The van der Waals surface area contributed by atoms with Crippen molar-refractivity contribution in [1.29, 1.82) is 0 Å². The number of methoxy groups -OCH3 is 2. The van der Waals surface area contributed by atoms with Crippen LogP contribution in [0, 0.1) is 13.8 Å². The number of carbonyl (C=O) groups excluding carboxylic acids is 1. The maximum atomic E-state index is 13.1. The Balaban J connectivity index is 1.76. The first-order valence-electron chi connectivity index (χ1n) is 9.31. The first-order valence-corrected chi connectivity index (χ1v) is 10.5. The number of thioether (sulfide) groups is 1.